The number of aromatic nitrogens is 2. The van der Waals surface area contributed by atoms with Crippen molar-refractivity contribution in [3.05, 3.63) is 103 Å². The Balaban J connectivity index is 1.54. The van der Waals surface area contributed by atoms with Gasteiger partial charge in [0.05, 0.1) is 17.2 Å². The van der Waals surface area contributed by atoms with E-state index in [1.54, 1.807) is 17.7 Å². The van der Waals surface area contributed by atoms with Gasteiger partial charge >= 0.3 is 0 Å². The summed E-state index contributed by atoms with van der Waals surface area (Å²) in [5, 5.41) is 10.9. The minimum Gasteiger partial charge on any atom is -0.367 e. The predicted octanol–water partition coefficient (Wildman–Crippen LogP) is 5.72. The molecule has 188 valence electrons. The zero-order chi connectivity index (χ0) is 26.3. The van der Waals surface area contributed by atoms with Gasteiger partial charge in [0.15, 0.2) is 0 Å². The van der Waals surface area contributed by atoms with E-state index in [0.717, 1.165) is 28.9 Å². The smallest absolute Gasteiger partial charge is 0.255 e. The molecule has 37 heavy (non-hydrogen) atoms. The second-order valence-corrected chi connectivity index (χ2v) is 10.4. The van der Waals surface area contributed by atoms with E-state index in [-0.39, 0.29) is 17.6 Å². The van der Waals surface area contributed by atoms with Crippen molar-refractivity contribution in [1.29, 1.82) is 5.26 Å². The maximum Gasteiger partial charge on any atom is 0.255 e. The largest absolute Gasteiger partial charge is 0.367 e. The van der Waals surface area contributed by atoms with E-state index in [2.05, 4.69) is 52.0 Å². The Bertz CT molecular complexity index is 1510. The van der Waals surface area contributed by atoms with E-state index in [4.69, 9.17) is 23.2 Å². The van der Waals surface area contributed by atoms with Crippen molar-refractivity contribution in [2.24, 2.45) is 7.05 Å². The summed E-state index contributed by atoms with van der Waals surface area (Å²) >= 11 is 12.4. The molecule has 1 atom stereocenters. The lowest BCUT2D eigenvalue weighted by atomic mass is 9.94. The van der Waals surface area contributed by atoms with Gasteiger partial charge in [0.25, 0.3) is 5.56 Å². The SMILES string of the molecule is Cc1c(N2CCN(C(c3ccc(Cl)cc3)c3ccc(Cl)cc3)[C@H](C)C2)c2nc(C#N)ccc2n(C)c1=O. The van der Waals surface area contributed by atoms with Crippen molar-refractivity contribution in [2.45, 2.75) is 25.9 Å². The summed E-state index contributed by atoms with van der Waals surface area (Å²) < 4.78 is 1.61. The number of rotatable bonds is 4. The number of hydrogen-bond donors (Lipinski definition) is 0. The van der Waals surface area contributed by atoms with E-state index in [9.17, 15) is 10.1 Å². The second-order valence-electron chi connectivity index (χ2n) is 9.55. The van der Waals surface area contributed by atoms with E-state index in [0.29, 0.717) is 39.9 Å². The first kappa shape index (κ1) is 25.3. The fourth-order valence-corrected chi connectivity index (χ4v) is 5.66. The molecule has 0 aliphatic carbocycles. The van der Waals surface area contributed by atoms with Crippen molar-refractivity contribution in [3.8, 4) is 6.07 Å². The van der Waals surface area contributed by atoms with Gasteiger partial charge in [-0.05, 0) is 61.4 Å². The Hall–Kier alpha value is -3.37. The minimum absolute atomic E-state index is 0.0245. The predicted molar refractivity (Wildman–Crippen MR) is 150 cm³/mol. The van der Waals surface area contributed by atoms with E-state index < -0.39 is 0 Å². The van der Waals surface area contributed by atoms with Crippen molar-refractivity contribution in [3.63, 3.8) is 0 Å². The third kappa shape index (κ3) is 4.71. The molecule has 0 saturated carbocycles. The molecule has 5 rings (SSSR count). The van der Waals surface area contributed by atoms with Crippen molar-refractivity contribution in [2.75, 3.05) is 24.5 Å². The van der Waals surface area contributed by atoms with Crippen LogP contribution in [0.3, 0.4) is 0 Å². The summed E-state index contributed by atoms with van der Waals surface area (Å²) in [5.41, 5.74) is 5.46. The second kappa shape index (κ2) is 10.2. The third-order valence-corrected chi connectivity index (χ3v) is 7.76. The summed E-state index contributed by atoms with van der Waals surface area (Å²) in [6, 6.07) is 21.8. The first-order chi connectivity index (χ1) is 17.8. The van der Waals surface area contributed by atoms with E-state index >= 15 is 0 Å². The van der Waals surface area contributed by atoms with Crippen LogP contribution in [0.4, 0.5) is 5.69 Å². The first-order valence-corrected chi connectivity index (χ1v) is 13.0. The average molecular weight is 532 g/mol. The lowest BCUT2D eigenvalue weighted by Crippen LogP contribution is -2.53. The molecule has 0 amide bonds. The first-order valence-electron chi connectivity index (χ1n) is 12.2. The molecular weight excluding hydrogens is 505 g/mol. The van der Waals surface area contributed by atoms with Gasteiger partial charge in [0, 0.05) is 48.3 Å². The number of hydrogen-bond acceptors (Lipinski definition) is 5. The molecule has 2 aromatic carbocycles. The molecule has 1 saturated heterocycles. The maximum absolute atomic E-state index is 13.1. The number of pyridine rings is 2. The van der Waals surface area contributed by atoms with Gasteiger partial charge in [-0.3, -0.25) is 9.69 Å². The Morgan fingerprint density at radius 1 is 0.973 bits per heavy atom. The summed E-state index contributed by atoms with van der Waals surface area (Å²) in [6.45, 7) is 6.24. The van der Waals surface area contributed by atoms with Crippen LogP contribution in [0.5, 0.6) is 0 Å². The maximum atomic E-state index is 13.1. The van der Waals surface area contributed by atoms with Gasteiger partial charge in [0.2, 0.25) is 0 Å². The van der Waals surface area contributed by atoms with Crippen LogP contribution in [0.2, 0.25) is 10.0 Å². The molecule has 1 aliphatic heterocycles. The van der Waals surface area contributed by atoms with E-state index in [1.807, 2.05) is 37.3 Å². The molecule has 0 radical (unpaired) electrons. The highest BCUT2D eigenvalue weighted by Crippen LogP contribution is 2.35. The number of halogens is 2. The van der Waals surface area contributed by atoms with Crippen LogP contribution in [0.25, 0.3) is 11.0 Å². The molecule has 0 unspecified atom stereocenters. The lowest BCUT2D eigenvalue weighted by molar-refractivity contribution is 0.150. The number of anilines is 1. The van der Waals surface area contributed by atoms with Crippen LogP contribution in [0.15, 0.2) is 65.5 Å². The third-order valence-electron chi connectivity index (χ3n) is 7.25. The van der Waals surface area contributed by atoms with Crippen LogP contribution < -0.4 is 10.5 Å². The summed E-state index contributed by atoms with van der Waals surface area (Å²) in [7, 11) is 1.75. The monoisotopic (exact) mass is 531 g/mol. The standard InChI is InChI=1S/C29H27Cl2N5O/c1-18-17-35(27-19(2)29(37)34(3)25-13-12-24(16-32)33-26(25)27)14-15-36(18)28(20-4-8-22(30)9-5-20)21-6-10-23(31)11-7-21/h4-13,18,28H,14-15,17H2,1-3H3/t18-/m1/s1. The Labute approximate surface area is 226 Å². The van der Waals surface area contributed by atoms with Gasteiger partial charge < -0.3 is 9.47 Å². The van der Waals surface area contributed by atoms with Crippen molar-refractivity contribution >= 4 is 39.9 Å². The molecule has 4 aromatic rings. The molecule has 6 nitrogen and oxygen atoms in total. The molecular formula is C29H27Cl2N5O. The van der Waals surface area contributed by atoms with Crippen LogP contribution >= 0.6 is 23.2 Å². The highest BCUT2D eigenvalue weighted by Gasteiger charge is 2.33. The number of nitriles is 1. The van der Waals surface area contributed by atoms with Crippen molar-refractivity contribution in [1.82, 2.24) is 14.5 Å². The average Bonchev–Trinajstić information content (AvgIpc) is 2.90. The Morgan fingerprint density at radius 3 is 2.11 bits per heavy atom. The quantitative estimate of drug-likeness (QED) is 0.337. The number of nitrogens with zero attached hydrogens (tertiary/aromatic N) is 5. The molecule has 0 bridgehead atoms. The normalized spacial score (nSPS) is 16.4. The fourth-order valence-electron chi connectivity index (χ4n) is 5.41. The fraction of sp³-hybridized carbons (Fsp3) is 0.276. The molecule has 0 N–H and O–H groups in total. The highest BCUT2D eigenvalue weighted by molar-refractivity contribution is 6.30. The van der Waals surface area contributed by atoms with Gasteiger partial charge in [-0.2, -0.15) is 5.26 Å². The molecule has 2 aromatic heterocycles. The molecule has 8 heteroatoms. The van der Waals surface area contributed by atoms with Crippen LogP contribution in [0.1, 0.15) is 35.3 Å². The number of aryl methyl sites for hydroxylation is 1. The Kier molecular flexibility index (Phi) is 6.96. The minimum atomic E-state index is -0.0516. The zero-order valence-electron chi connectivity index (χ0n) is 20.9. The van der Waals surface area contributed by atoms with Crippen molar-refractivity contribution < 1.29 is 0 Å². The van der Waals surface area contributed by atoms with Crippen LogP contribution in [-0.2, 0) is 7.05 Å². The summed E-state index contributed by atoms with van der Waals surface area (Å²) in [5.74, 6) is 0. The van der Waals surface area contributed by atoms with Gasteiger partial charge in [-0.15, -0.1) is 0 Å². The topological polar surface area (TPSA) is 65.2 Å². The number of piperazine rings is 1. The molecule has 1 aliphatic rings. The van der Waals surface area contributed by atoms with Gasteiger partial charge in [0.1, 0.15) is 17.3 Å². The van der Waals surface area contributed by atoms with Crippen LogP contribution in [-0.4, -0.2) is 40.1 Å². The lowest BCUT2D eigenvalue weighted by Gasteiger charge is -2.45. The van der Waals surface area contributed by atoms with Gasteiger partial charge in [-0.25, -0.2) is 4.98 Å². The number of fused-ring (bicyclic) bond motifs is 1. The molecule has 0 spiro atoms. The molecule has 1 fully saturated rings. The molecule has 3 heterocycles. The Morgan fingerprint density at radius 2 is 1.57 bits per heavy atom. The highest BCUT2D eigenvalue weighted by atomic mass is 35.5. The van der Waals surface area contributed by atoms with Crippen LogP contribution in [0, 0.1) is 18.3 Å². The number of benzene rings is 2. The summed E-state index contributed by atoms with van der Waals surface area (Å²) in [6.07, 6.45) is 0. The van der Waals surface area contributed by atoms with E-state index in [1.165, 1.54) is 0 Å². The zero-order valence-corrected chi connectivity index (χ0v) is 22.5. The van der Waals surface area contributed by atoms with Gasteiger partial charge in [-0.1, -0.05) is 47.5 Å². The summed E-state index contributed by atoms with van der Waals surface area (Å²) in [4.78, 5) is 22.4.